The number of rotatable bonds is 8. The van der Waals surface area contributed by atoms with Crippen molar-refractivity contribution in [3.05, 3.63) is 65.2 Å². The molecule has 140 valence electrons. The van der Waals surface area contributed by atoms with Crippen LogP contribution in [0.3, 0.4) is 0 Å². The van der Waals surface area contributed by atoms with E-state index in [1.165, 1.54) is 12.8 Å². The predicted molar refractivity (Wildman–Crippen MR) is 106 cm³/mol. The van der Waals surface area contributed by atoms with Crippen LogP contribution in [0.1, 0.15) is 42.0 Å². The average Bonchev–Trinajstić information content (AvgIpc) is 3.44. The van der Waals surface area contributed by atoms with Crippen molar-refractivity contribution in [1.29, 1.82) is 0 Å². The van der Waals surface area contributed by atoms with Gasteiger partial charge in [-0.2, -0.15) is 0 Å². The van der Waals surface area contributed by atoms with Gasteiger partial charge in [0.15, 0.2) is 0 Å². The van der Waals surface area contributed by atoms with Crippen LogP contribution in [-0.4, -0.2) is 12.5 Å². The normalized spacial score (nSPS) is 14.2. The summed E-state index contributed by atoms with van der Waals surface area (Å²) >= 11 is 0. The average molecular weight is 375 g/mol. The summed E-state index contributed by atoms with van der Waals surface area (Å²) in [5.41, 5.74) is 9.26. The van der Waals surface area contributed by atoms with E-state index in [1.54, 1.807) is 0 Å². The van der Waals surface area contributed by atoms with Crippen LogP contribution in [0.5, 0.6) is 5.75 Å². The highest BCUT2D eigenvalue weighted by molar-refractivity contribution is 5.85. The zero-order valence-electron chi connectivity index (χ0n) is 15.1. The van der Waals surface area contributed by atoms with Crippen molar-refractivity contribution in [2.45, 2.75) is 38.8 Å². The first kappa shape index (κ1) is 20.3. The van der Waals surface area contributed by atoms with Gasteiger partial charge in [-0.3, -0.25) is 4.79 Å². The van der Waals surface area contributed by atoms with Gasteiger partial charge in [0.1, 0.15) is 5.75 Å². The van der Waals surface area contributed by atoms with Crippen molar-refractivity contribution in [2.75, 3.05) is 6.61 Å². The number of halogens is 1. The third-order valence-electron chi connectivity index (χ3n) is 4.50. The van der Waals surface area contributed by atoms with E-state index in [0.29, 0.717) is 12.5 Å². The number of hydrogen-bond acceptors (Lipinski definition) is 3. The van der Waals surface area contributed by atoms with Gasteiger partial charge in [0.05, 0.1) is 6.61 Å². The van der Waals surface area contributed by atoms with Gasteiger partial charge < -0.3 is 15.8 Å². The van der Waals surface area contributed by atoms with Gasteiger partial charge in [-0.1, -0.05) is 42.5 Å². The summed E-state index contributed by atoms with van der Waals surface area (Å²) in [4.78, 5) is 12.2. The summed E-state index contributed by atoms with van der Waals surface area (Å²) < 4.78 is 5.95. The molecule has 1 unspecified atom stereocenters. The van der Waals surface area contributed by atoms with Crippen LogP contribution in [0.4, 0.5) is 0 Å². The SMILES string of the molecule is Cc1ccc(CNC(=O)CC(N)c2ccccc2)c(OCC2CC2)c1.Cl. The zero-order valence-corrected chi connectivity index (χ0v) is 15.9. The van der Waals surface area contributed by atoms with Crippen molar-refractivity contribution >= 4 is 18.3 Å². The second kappa shape index (κ2) is 9.60. The number of benzene rings is 2. The molecule has 1 amide bonds. The molecule has 5 heteroatoms. The summed E-state index contributed by atoms with van der Waals surface area (Å²) in [5.74, 6) is 1.52. The van der Waals surface area contributed by atoms with Crippen molar-refractivity contribution in [1.82, 2.24) is 5.32 Å². The third kappa shape index (κ3) is 6.04. The van der Waals surface area contributed by atoms with Crippen molar-refractivity contribution in [2.24, 2.45) is 11.7 Å². The Morgan fingerprint density at radius 2 is 1.96 bits per heavy atom. The summed E-state index contributed by atoms with van der Waals surface area (Å²) in [6, 6.07) is 15.5. The molecular weight excluding hydrogens is 348 g/mol. The fourth-order valence-electron chi connectivity index (χ4n) is 2.72. The van der Waals surface area contributed by atoms with E-state index in [1.807, 2.05) is 55.5 Å². The van der Waals surface area contributed by atoms with Gasteiger partial charge in [-0.25, -0.2) is 0 Å². The summed E-state index contributed by atoms with van der Waals surface area (Å²) in [6.07, 6.45) is 2.79. The van der Waals surface area contributed by atoms with E-state index >= 15 is 0 Å². The highest BCUT2D eigenvalue weighted by Gasteiger charge is 2.22. The molecule has 1 saturated carbocycles. The molecule has 0 heterocycles. The maximum absolute atomic E-state index is 12.2. The van der Waals surface area contributed by atoms with Crippen LogP contribution in [0, 0.1) is 12.8 Å². The smallest absolute Gasteiger partial charge is 0.222 e. The monoisotopic (exact) mass is 374 g/mol. The minimum Gasteiger partial charge on any atom is -0.493 e. The molecule has 0 aromatic heterocycles. The molecule has 1 atom stereocenters. The fourth-order valence-corrected chi connectivity index (χ4v) is 2.72. The number of hydrogen-bond donors (Lipinski definition) is 2. The molecule has 1 aliphatic rings. The van der Waals surface area contributed by atoms with Gasteiger partial charge >= 0.3 is 0 Å². The van der Waals surface area contributed by atoms with E-state index in [0.717, 1.165) is 29.0 Å². The molecule has 4 nitrogen and oxygen atoms in total. The summed E-state index contributed by atoms with van der Waals surface area (Å²) in [5, 5.41) is 2.96. The van der Waals surface area contributed by atoms with Crippen LogP contribution in [-0.2, 0) is 11.3 Å². The van der Waals surface area contributed by atoms with Crippen molar-refractivity contribution < 1.29 is 9.53 Å². The zero-order chi connectivity index (χ0) is 17.6. The lowest BCUT2D eigenvalue weighted by atomic mass is 10.0. The summed E-state index contributed by atoms with van der Waals surface area (Å²) in [7, 11) is 0. The van der Waals surface area contributed by atoms with Crippen LogP contribution in [0.15, 0.2) is 48.5 Å². The topological polar surface area (TPSA) is 64.4 Å². The molecule has 26 heavy (non-hydrogen) atoms. The second-order valence-electron chi connectivity index (χ2n) is 6.86. The number of nitrogens with two attached hydrogens (primary N) is 1. The lowest BCUT2D eigenvalue weighted by molar-refractivity contribution is -0.121. The predicted octanol–water partition coefficient (Wildman–Crippen LogP) is 3.91. The van der Waals surface area contributed by atoms with Crippen LogP contribution in [0.2, 0.25) is 0 Å². The fraction of sp³-hybridized carbons (Fsp3) is 0.381. The quantitative estimate of drug-likeness (QED) is 0.736. The Morgan fingerprint density at radius 3 is 2.65 bits per heavy atom. The first-order valence-corrected chi connectivity index (χ1v) is 8.91. The Morgan fingerprint density at radius 1 is 1.23 bits per heavy atom. The van der Waals surface area contributed by atoms with E-state index < -0.39 is 0 Å². The van der Waals surface area contributed by atoms with E-state index in [9.17, 15) is 4.79 Å². The van der Waals surface area contributed by atoms with Gasteiger partial charge in [0, 0.05) is 24.6 Å². The van der Waals surface area contributed by atoms with Crippen molar-refractivity contribution in [3.8, 4) is 5.75 Å². The molecular formula is C21H27ClN2O2. The van der Waals surface area contributed by atoms with Crippen molar-refractivity contribution in [3.63, 3.8) is 0 Å². The molecule has 0 spiro atoms. The van der Waals surface area contributed by atoms with E-state index in [2.05, 4.69) is 5.32 Å². The minimum absolute atomic E-state index is 0. The second-order valence-corrected chi connectivity index (χ2v) is 6.86. The summed E-state index contributed by atoms with van der Waals surface area (Å²) in [6.45, 7) is 3.27. The highest BCUT2D eigenvalue weighted by Crippen LogP contribution is 2.30. The van der Waals surface area contributed by atoms with Gasteiger partial charge in [0.25, 0.3) is 0 Å². The molecule has 3 rings (SSSR count). The lowest BCUT2D eigenvalue weighted by Gasteiger charge is -2.15. The molecule has 0 bridgehead atoms. The van der Waals surface area contributed by atoms with Gasteiger partial charge in [-0.15, -0.1) is 12.4 Å². The molecule has 0 radical (unpaired) electrons. The third-order valence-corrected chi connectivity index (χ3v) is 4.50. The molecule has 0 saturated heterocycles. The maximum Gasteiger partial charge on any atom is 0.222 e. The lowest BCUT2D eigenvalue weighted by Crippen LogP contribution is -2.27. The van der Waals surface area contributed by atoms with Gasteiger partial charge in [0.2, 0.25) is 5.91 Å². The molecule has 2 aromatic carbocycles. The van der Waals surface area contributed by atoms with Gasteiger partial charge in [-0.05, 0) is 42.9 Å². The number of amides is 1. The largest absolute Gasteiger partial charge is 0.493 e. The highest BCUT2D eigenvalue weighted by atomic mass is 35.5. The number of ether oxygens (including phenoxy) is 1. The maximum atomic E-state index is 12.2. The Hall–Kier alpha value is -2.04. The van der Waals surface area contributed by atoms with Crippen LogP contribution < -0.4 is 15.8 Å². The molecule has 3 N–H and O–H groups in total. The number of carbonyl (C=O) groups is 1. The number of carbonyl (C=O) groups excluding carboxylic acids is 1. The minimum atomic E-state index is -0.287. The Labute approximate surface area is 161 Å². The van der Waals surface area contributed by atoms with E-state index in [4.69, 9.17) is 10.5 Å². The molecule has 2 aromatic rings. The van der Waals surface area contributed by atoms with Crippen LogP contribution in [0.25, 0.3) is 0 Å². The molecule has 1 aliphatic carbocycles. The first-order chi connectivity index (χ1) is 12.1. The first-order valence-electron chi connectivity index (χ1n) is 8.91. The standard InChI is InChI=1S/C21H26N2O2.ClH/c1-15-7-10-18(20(11-15)25-14-16-8-9-16)13-23-21(24)12-19(22)17-5-3-2-4-6-17;/h2-7,10-11,16,19H,8-9,12-14,22H2,1H3,(H,23,24);1H. The molecule has 0 aliphatic heterocycles. The Balaban J connectivity index is 0.00000243. The Bertz CT molecular complexity index is 717. The van der Waals surface area contributed by atoms with E-state index in [-0.39, 0.29) is 30.8 Å². The Kier molecular flexibility index (Phi) is 7.49. The van der Waals surface area contributed by atoms with Crippen LogP contribution >= 0.6 is 12.4 Å². The number of aryl methyl sites for hydroxylation is 1. The molecule has 1 fully saturated rings. The number of nitrogens with one attached hydrogen (secondary N) is 1.